The number of ether oxygens (including phenoxy) is 1. The van der Waals surface area contributed by atoms with E-state index < -0.39 is 23.0 Å². The van der Waals surface area contributed by atoms with Crippen LogP contribution in [0.25, 0.3) is 0 Å². The van der Waals surface area contributed by atoms with Gasteiger partial charge in [0.05, 0.1) is 11.1 Å². The topological polar surface area (TPSA) is 115 Å². The van der Waals surface area contributed by atoms with E-state index in [0.717, 1.165) is 11.1 Å². The van der Waals surface area contributed by atoms with Crippen LogP contribution < -0.4 is 15.8 Å². The van der Waals surface area contributed by atoms with Gasteiger partial charge < -0.3 is 20.9 Å². The van der Waals surface area contributed by atoms with E-state index in [-0.39, 0.29) is 28.3 Å². The predicted molar refractivity (Wildman–Crippen MR) is 118 cm³/mol. The zero-order valence-electron chi connectivity index (χ0n) is 18.0. The van der Waals surface area contributed by atoms with E-state index >= 15 is 0 Å². The molecule has 1 aliphatic heterocycles. The van der Waals surface area contributed by atoms with Crippen molar-refractivity contribution in [3.8, 4) is 5.75 Å². The van der Waals surface area contributed by atoms with Crippen LogP contribution in [0.1, 0.15) is 62.7 Å². The normalized spacial score (nSPS) is 22.8. The molecular weight excluding hydrogens is 406 g/mol. The van der Waals surface area contributed by atoms with Crippen molar-refractivity contribution in [2.75, 3.05) is 5.73 Å². The number of nitrogens with two attached hydrogens (primary N) is 1. The molecule has 2 aromatic carbocycles. The molecule has 7 heteroatoms. The van der Waals surface area contributed by atoms with Gasteiger partial charge in [-0.25, -0.2) is 0 Å². The Bertz CT molecular complexity index is 1300. The number of nitrogens with zero attached hydrogens (tertiary/aromatic N) is 1. The maximum Gasteiger partial charge on any atom is 0.271 e. The Labute approximate surface area is 185 Å². The average molecular weight is 429 g/mol. The van der Waals surface area contributed by atoms with Crippen LogP contribution in [0.15, 0.2) is 54.9 Å². The number of aryl methyl sites for hydroxylation is 1. The monoisotopic (exact) mass is 429 g/mol. The molecule has 4 N–H and O–H groups in total. The van der Waals surface area contributed by atoms with Crippen molar-refractivity contribution in [2.24, 2.45) is 0 Å². The Morgan fingerprint density at radius 3 is 2.66 bits per heavy atom. The molecule has 0 radical (unpaired) electrons. The van der Waals surface area contributed by atoms with Gasteiger partial charge in [0.15, 0.2) is 0 Å². The highest BCUT2D eigenvalue weighted by Gasteiger charge is 2.72. The molecule has 1 aromatic heterocycles. The molecule has 1 aliphatic carbocycles. The molecule has 162 valence electrons. The summed E-state index contributed by atoms with van der Waals surface area (Å²) in [6, 6.07) is 11.9. The summed E-state index contributed by atoms with van der Waals surface area (Å²) in [5, 5.41) is 14.7. The molecule has 7 nitrogen and oxygen atoms in total. The molecule has 0 fully saturated rings. The molecule has 2 unspecified atom stereocenters. The number of carbonyl (C=O) groups is 2. The van der Waals surface area contributed by atoms with E-state index in [1.807, 2.05) is 26.8 Å². The van der Waals surface area contributed by atoms with Crippen molar-refractivity contribution in [1.82, 2.24) is 10.3 Å². The maximum atomic E-state index is 13.9. The van der Waals surface area contributed by atoms with Crippen molar-refractivity contribution in [3.05, 3.63) is 88.2 Å². The fraction of sp³-hybridized carbons (Fsp3) is 0.240. The number of aromatic nitrogens is 1. The molecule has 0 saturated heterocycles. The van der Waals surface area contributed by atoms with Crippen LogP contribution in [0.4, 0.5) is 5.69 Å². The lowest BCUT2D eigenvalue weighted by Crippen LogP contribution is -2.60. The lowest BCUT2D eigenvalue weighted by Gasteiger charge is -2.34. The number of ketones is 1. The number of Topliss-reactive ketones (excluding diaryl/α,β-unsaturated/α-hetero) is 1. The number of benzene rings is 2. The van der Waals surface area contributed by atoms with E-state index in [4.69, 9.17) is 10.5 Å². The van der Waals surface area contributed by atoms with Gasteiger partial charge in [-0.05, 0) is 42.2 Å². The molecule has 1 amide bonds. The highest BCUT2D eigenvalue weighted by molar-refractivity contribution is 6.16. The number of nitrogen functional groups attached to an aromatic ring is 1. The van der Waals surface area contributed by atoms with Crippen LogP contribution in [0.3, 0.4) is 0 Å². The highest BCUT2D eigenvalue weighted by Crippen LogP contribution is 2.59. The van der Waals surface area contributed by atoms with Gasteiger partial charge in [0.1, 0.15) is 5.75 Å². The zero-order valence-corrected chi connectivity index (χ0v) is 18.0. The maximum absolute atomic E-state index is 13.9. The SMILES string of the molecule is Cc1cncc(C(=O)NC23C(=O)c4c(N)cccc4C2(O)Oc2cc(C(C)C)ccc23)c1. The number of nitrogens with one attached hydrogen (secondary N) is 1. The second kappa shape index (κ2) is 6.64. The lowest BCUT2D eigenvalue weighted by molar-refractivity contribution is -0.169. The number of fused-ring (bicyclic) bond motifs is 5. The first-order valence-corrected chi connectivity index (χ1v) is 10.4. The molecule has 5 rings (SSSR count). The molecule has 2 atom stereocenters. The molecule has 0 saturated carbocycles. The molecule has 2 aliphatic rings. The Kier molecular flexibility index (Phi) is 4.19. The van der Waals surface area contributed by atoms with Crippen molar-refractivity contribution in [3.63, 3.8) is 0 Å². The number of hydrogen-bond donors (Lipinski definition) is 3. The first-order chi connectivity index (χ1) is 15.2. The number of aliphatic hydroxyl groups is 1. The summed E-state index contributed by atoms with van der Waals surface area (Å²) in [6.45, 7) is 5.89. The third-order valence-corrected chi connectivity index (χ3v) is 6.31. The third-order valence-electron chi connectivity index (χ3n) is 6.31. The van der Waals surface area contributed by atoms with E-state index in [1.165, 1.54) is 6.20 Å². The minimum absolute atomic E-state index is 0.149. The summed E-state index contributed by atoms with van der Waals surface area (Å²) in [7, 11) is 0. The quantitative estimate of drug-likeness (QED) is 0.551. The van der Waals surface area contributed by atoms with Gasteiger partial charge in [-0.3, -0.25) is 14.6 Å². The molecule has 32 heavy (non-hydrogen) atoms. The standard InChI is InChI=1S/C25H23N3O4/c1-13(2)15-7-8-17-20(10-15)32-25(31)18-5-4-6-19(26)21(18)22(29)24(17,25)28-23(30)16-9-14(3)11-27-12-16/h4-13,31H,26H2,1-3H3,(H,28,30). The van der Waals surface area contributed by atoms with Crippen LogP contribution in [0.2, 0.25) is 0 Å². The van der Waals surface area contributed by atoms with Crippen LogP contribution in [-0.2, 0) is 11.3 Å². The number of hydrogen-bond acceptors (Lipinski definition) is 6. The largest absolute Gasteiger partial charge is 0.454 e. The predicted octanol–water partition coefficient (Wildman–Crippen LogP) is 3.15. The fourth-order valence-electron chi connectivity index (χ4n) is 4.67. The zero-order chi connectivity index (χ0) is 22.8. The Morgan fingerprint density at radius 1 is 1.16 bits per heavy atom. The summed E-state index contributed by atoms with van der Waals surface area (Å²) in [4.78, 5) is 31.3. The Morgan fingerprint density at radius 2 is 1.94 bits per heavy atom. The van der Waals surface area contributed by atoms with Crippen molar-refractivity contribution >= 4 is 17.4 Å². The Hall–Kier alpha value is -3.71. The fourth-order valence-corrected chi connectivity index (χ4v) is 4.67. The summed E-state index contributed by atoms with van der Waals surface area (Å²) >= 11 is 0. The van der Waals surface area contributed by atoms with Gasteiger partial charge in [-0.2, -0.15) is 0 Å². The number of carbonyl (C=O) groups excluding carboxylic acids is 2. The van der Waals surface area contributed by atoms with Crippen molar-refractivity contribution < 1.29 is 19.4 Å². The van der Waals surface area contributed by atoms with Gasteiger partial charge in [-0.15, -0.1) is 0 Å². The molecule has 0 bridgehead atoms. The second-order valence-electron chi connectivity index (χ2n) is 8.71. The lowest BCUT2D eigenvalue weighted by atomic mass is 9.82. The van der Waals surface area contributed by atoms with E-state index in [2.05, 4.69) is 10.3 Å². The van der Waals surface area contributed by atoms with Gasteiger partial charge in [0.2, 0.25) is 11.3 Å². The van der Waals surface area contributed by atoms with Crippen LogP contribution in [0.5, 0.6) is 5.75 Å². The highest BCUT2D eigenvalue weighted by atomic mass is 16.6. The summed E-state index contributed by atoms with van der Waals surface area (Å²) < 4.78 is 6.07. The minimum atomic E-state index is -2.14. The van der Waals surface area contributed by atoms with Gasteiger partial charge in [0, 0.05) is 29.2 Å². The number of anilines is 1. The van der Waals surface area contributed by atoms with E-state index in [0.29, 0.717) is 11.3 Å². The summed E-state index contributed by atoms with van der Waals surface area (Å²) in [5.74, 6) is -2.65. The number of amides is 1. The van der Waals surface area contributed by atoms with Gasteiger partial charge in [0.25, 0.3) is 11.7 Å². The summed E-state index contributed by atoms with van der Waals surface area (Å²) in [5.41, 5.74) is 7.26. The Balaban J connectivity index is 1.73. The van der Waals surface area contributed by atoms with Crippen LogP contribution in [0, 0.1) is 6.92 Å². The summed E-state index contributed by atoms with van der Waals surface area (Å²) in [6.07, 6.45) is 3.04. The van der Waals surface area contributed by atoms with Crippen LogP contribution >= 0.6 is 0 Å². The number of rotatable bonds is 3. The van der Waals surface area contributed by atoms with E-state index in [1.54, 1.807) is 42.6 Å². The third kappa shape index (κ3) is 2.48. The number of pyridine rings is 1. The first-order valence-electron chi connectivity index (χ1n) is 10.4. The van der Waals surface area contributed by atoms with Gasteiger partial charge >= 0.3 is 0 Å². The molecular formula is C25H23N3O4. The van der Waals surface area contributed by atoms with Crippen molar-refractivity contribution in [2.45, 2.75) is 38.0 Å². The van der Waals surface area contributed by atoms with Crippen molar-refractivity contribution in [1.29, 1.82) is 0 Å². The average Bonchev–Trinajstić information content (AvgIpc) is 3.11. The van der Waals surface area contributed by atoms with Crippen LogP contribution in [-0.4, -0.2) is 21.8 Å². The van der Waals surface area contributed by atoms with Gasteiger partial charge in [-0.1, -0.05) is 38.1 Å². The molecule has 2 heterocycles. The molecule has 3 aromatic rings. The molecule has 0 spiro atoms. The van der Waals surface area contributed by atoms with E-state index in [9.17, 15) is 14.7 Å². The second-order valence-corrected chi connectivity index (χ2v) is 8.71. The minimum Gasteiger partial charge on any atom is -0.454 e. The first kappa shape index (κ1) is 20.2. The smallest absolute Gasteiger partial charge is 0.271 e.